The predicted octanol–water partition coefficient (Wildman–Crippen LogP) is 1.26. The molecule has 1 atom stereocenters. The smallest absolute Gasteiger partial charge is 0.246 e. The summed E-state index contributed by atoms with van der Waals surface area (Å²) in [4.78, 5) is -0.593. The number of piperazine rings is 1. The molecule has 1 fully saturated rings. The molecular formula is C12H16F2N2O2S. The zero-order valence-electron chi connectivity index (χ0n) is 10.8. The summed E-state index contributed by atoms with van der Waals surface area (Å²) < 4.78 is 53.1. The minimum Gasteiger partial charge on any atom is -0.312 e. The van der Waals surface area contributed by atoms with Crippen molar-refractivity contribution in [2.45, 2.75) is 24.8 Å². The normalized spacial score (nSPS) is 21.6. The fourth-order valence-corrected chi connectivity index (χ4v) is 3.67. The van der Waals surface area contributed by atoms with E-state index in [-0.39, 0.29) is 24.7 Å². The minimum absolute atomic E-state index is 0.0121. The van der Waals surface area contributed by atoms with E-state index in [0.29, 0.717) is 6.54 Å². The van der Waals surface area contributed by atoms with Crippen molar-refractivity contribution in [2.75, 3.05) is 19.6 Å². The lowest BCUT2D eigenvalue weighted by molar-refractivity contribution is 0.309. The second-order valence-electron chi connectivity index (χ2n) is 4.75. The van der Waals surface area contributed by atoms with Gasteiger partial charge in [0, 0.05) is 25.7 Å². The van der Waals surface area contributed by atoms with E-state index in [4.69, 9.17) is 0 Å². The molecule has 1 aromatic rings. The molecule has 0 radical (unpaired) electrons. The van der Waals surface area contributed by atoms with Gasteiger partial charge in [-0.15, -0.1) is 0 Å². The molecule has 19 heavy (non-hydrogen) atoms. The quantitative estimate of drug-likeness (QED) is 0.892. The largest absolute Gasteiger partial charge is 0.312 e. The molecule has 1 aliphatic rings. The summed E-state index contributed by atoms with van der Waals surface area (Å²) in [5, 5.41) is 3.10. The Bertz CT molecular complexity index is 590. The van der Waals surface area contributed by atoms with Crippen LogP contribution >= 0.6 is 0 Å². The Kier molecular flexibility index (Phi) is 3.89. The molecule has 0 aliphatic carbocycles. The van der Waals surface area contributed by atoms with Crippen molar-refractivity contribution in [2.24, 2.45) is 0 Å². The predicted molar refractivity (Wildman–Crippen MR) is 67.3 cm³/mol. The second kappa shape index (κ2) is 5.15. The van der Waals surface area contributed by atoms with Gasteiger partial charge in [0.1, 0.15) is 16.5 Å². The van der Waals surface area contributed by atoms with E-state index in [1.807, 2.05) is 6.92 Å². The molecule has 1 saturated heterocycles. The highest BCUT2D eigenvalue weighted by atomic mass is 32.2. The molecule has 106 valence electrons. The number of nitrogens with one attached hydrogen (secondary N) is 1. The molecule has 0 amide bonds. The van der Waals surface area contributed by atoms with Crippen molar-refractivity contribution in [3.8, 4) is 0 Å². The zero-order chi connectivity index (χ0) is 14.2. The third-order valence-corrected chi connectivity index (χ3v) is 5.04. The van der Waals surface area contributed by atoms with Crippen LogP contribution in [0.1, 0.15) is 12.5 Å². The summed E-state index contributed by atoms with van der Waals surface area (Å²) in [6, 6.07) is 1.66. The van der Waals surface area contributed by atoms with Crippen LogP contribution in [0, 0.1) is 18.6 Å². The molecule has 1 heterocycles. The van der Waals surface area contributed by atoms with Crippen molar-refractivity contribution in [1.82, 2.24) is 9.62 Å². The Labute approximate surface area is 111 Å². The molecule has 7 heteroatoms. The lowest BCUT2D eigenvalue weighted by Gasteiger charge is -2.31. The number of sulfonamides is 1. The summed E-state index contributed by atoms with van der Waals surface area (Å²) in [5.41, 5.74) is 0.0881. The molecule has 1 N–H and O–H groups in total. The van der Waals surface area contributed by atoms with Gasteiger partial charge in [-0.1, -0.05) is 0 Å². The van der Waals surface area contributed by atoms with Gasteiger partial charge in [-0.3, -0.25) is 0 Å². The first kappa shape index (κ1) is 14.4. The monoisotopic (exact) mass is 290 g/mol. The topological polar surface area (TPSA) is 49.4 Å². The third kappa shape index (κ3) is 2.77. The van der Waals surface area contributed by atoms with Gasteiger partial charge >= 0.3 is 0 Å². The Morgan fingerprint density at radius 2 is 2.00 bits per heavy atom. The first-order valence-corrected chi connectivity index (χ1v) is 7.45. The Balaban J connectivity index is 2.42. The average Bonchev–Trinajstić information content (AvgIpc) is 2.33. The molecule has 0 unspecified atom stereocenters. The van der Waals surface area contributed by atoms with Crippen molar-refractivity contribution in [3.05, 3.63) is 29.3 Å². The van der Waals surface area contributed by atoms with Gasteiger partial charge in [0.05, 0.1) is 0 Å². The number of aryl methyl sites for hydroxylation is 1. The summed E-state index contributed by atoms with van der Waals surface area (Å²) in [7, 11) is -3.99. The minimum atomic E-state index is -3.99. The molecule has 0 aromatic heterocycles. The first-order valence-electron chi connectivity index (χ1n) is 6.01. The van der Waals surface area contributed by atoms with E-state index in [1.165, 1.54) is 11.2 Å². The van der Waals surface area contributed by atoms with Gasteiger partial charge in [0.25, 0.3) is 0 Å². The first-order chi connectivity index (χ1) is 8.82. The van der Waals surface area contributed by atoms with Crippen molar-refractivity contribution >= 4 is 10.0 Å². The molecule has 4 nitrogen and oxygen atoms in total. The number of nitrogens with zero attached hydrogens (tertiary/aromatic N) is 1. The molecule has 1 aromatic carbocycles. The van der Waals surface area contributed by atoms with Crippen molar-refractivity contribution in [3.63, 3.8) is 0 Å². The SMILES string of the molecule is Cc1cc(F)c(S(=O)(=O)N2CCN[C@H](C)C2)cc1F. The lowest BCUT2D eigenvalue weighted by Crippen LogP contribution is -2.51. The van der Waals surface area contributed by atoms with Gasteiger partial charge in [-0.2, -0.15) is 4.31 Å². The maximum absolute atomic E-state index is 13.8. The summed E-state index contributed by atoms with van der Waals surface area (Å²) in [6.07, 6.45) is 0. The average molecular weight is 290 g/mol. The van der Waals surface area contributed by atoms with Crippen LogP contribution in [-0.4, -0.2) is 38.4 Å². The highest BCUT2D eigenvalue weighted by Crippen LogP contribution is 2.23. The van der Waals surface area contributed by atoms with E-state index >= 15 is 0 Å². The van der Waals surface area contributed by atoms with Crippen LogP contribution < -0.4 is 5.32 Å². The lowest BCUT2D eigenvalue weighted by atomic mass is 10.2. The van der Waals surface area contributed by atoms with Crippen LogP contribution in [0.3, 0.4) is 0 Å². The summed E-state index contributed by atoms with van der Waals surface area (Å²) >= 11 is 0. The van der Waals surface area contributed by atoms with Crippen molar-refractivity contribution < 1.29 is 17.2 Å². The zero-order valence-corrected chi connectivity index (χ0v) is 11.6. The van der Waals surface area contributed by atoms with Crippen molar-refractivity contribution in [1.29, 1.82) is 0 Å². The van der Waals surface area contributed by atoms with Crippen LogP contribution in [0.2, 0.25) is 0 Å². The fourth-order valence-electron chi connectivity index (χ4n) is 2.08. The summed E-state index contributed by atoms with van der Waals surface area (Å²) in [5.74, 6) is -1.63. The Morgan fingerprint density at radius 1 is 1.32 bits per heavy atom. The van der Waals surface area contributed by atoms with Gasteiger partial charge in [-0.05, 0) is 31.5 Å². The highest BCUT2D eigenvalue weighted by molar-refractivity contribution is 7.89. The standard InChI is InChI=1S/C12H16F2N2O2S/c1-8-5-11(14)12(6-10(8)13)19(17,18)16-4-3-15-9(2)7-16/h5-6,9,15H,3-4,7H2,1-2H3/t9-/m1/s1. The number of halogens is 2. The van der Waals surface area contributed by atoms with E-state index in [0.717, 1.165) is 12.1 Å². The number of rotatable bonds is 2. The number of benzene rings is 1. The van der Waals surface area contributed by atoms with Gasteiger partial charge < -0.3 is 5.32 Å². The molecular weight excluding hydrogens is 274 g/mol. The van der Waals surface area contributed by atoms with E-state index in [1.54, 1.807) is 0 Å². The van der Waals surface area contributed by atoms with Gasteiger partial charge in [-0.25, -0.2) is 17.2 Å². The second-order valence-corrected chi connectivity index (χ2v) is 6.66. The summed E-state index contributed by atoms with van der Waals surface area (Å²) in [6.45, 7) is 4.23. The third-order valence-electron chi connectivity index (χ3n) is 3.16. The maximum Gasteiger partial charge on any atom is 0.246 e. The fraction of sp³-hybridized carbons (Fsp3) is 0.500. The Hall–Kier alpha value is -1.05. The molecule has 0 bridgehead atoms. The number of hydrogen-bond acceptors (Lipinski definition) is 3. The van der Waals surface area contributed by atoms with Crippen LogP contribution in [0.5, 0.6) is 0 Å². The van der Waals surface area contributed by atoms with Gasteiger partial charge in [0.15, 0.2) is 0 Å². The molecule has 0 spiro atoms. The Morgan fingerprint density at radius 3 is 2.63 bits per heavy atom. The maximum atomic E-state index is 13.8. The number of hydrogen-bond donors (Lipinski definition) is 1. The van der Waals surface area contributed by atoms with Gasteiger partial charge in [0.2, 0.25) is 10.0 Å². The molecule has 2 rings (SSSR count). The molecule has 0 saturated carbocycles. The van der Waals surface area contributed by atoms with Crippen LogP contribution in [0.25, 0.3) is 0 Å². The van der Waals surface area contributed by atoms with Crippen LogP contribution in [-0.2, 0) is 10.0 Å². The van der Waals surface area contributed by atoms with E-state index in [2.05, 4.69) is 5.32 Å². The van der Waals surface area contributed by atoms with Crippen LogP contribution in [0.15, 0.2) is 17.0 Å². The van der Waals surface area contributed by atoms with Crippen LogP contribution in [0.4, 0.5) is 8.78 Å². The molecule has 1 aliphatic heterocycles. The van der Waals surface area contributed by atoms with E-state index in [9.17, 15) is 17.2 Å². The highest BCUT2D eigenvalue weighted by Gasteiger charge is 2.31. The van der Waals surface area contributed by atoms with E-state index < -0.39 is 26.6 Å².